The number of nitrogens with one attached hydrogen (secondary N) is 1. The number of nitrogens with zero attached hydrogens (tertiary/aromatic N) is 2. The SMILES string of the molecule is Cc1ccc(NC(=O)CN2C/C(=C3/SC(=S)N(C4CCCC4)C3=O)c3ccccc32)c(C)c1. The lowest BCUT2D eigenvalue weighted by Gasteiger charge is -2.22. The monoisotopic (exact) mass is 477 g/mol. The molecule has 0 spiro atoms. The molecule has 7 heteroatoms. The second kappa shape index (κ2) is 8.95. The van der Waals surface area contributed by atoms with Crippen LogP contribution in [0.25, 0.3) is 5.57 Å². The maximum absolute atomic E-state index is 13.4. The lowest BCUT2D eigenvalue weighted by molar-refractivity contribution is -0.123. The lowest BCUT2D eigenvalue weighted by atomic mass is 10.1. The summed E-state index contributed by atoms with van der Waals surface area (Å²) in [6.45, 7) is 4.78. The quantitative estimate of drug-likeness (QED) is 0.480. The third kappa shape index (κ3) is 4.20. The average molecular weight is 478 g/mol. The van der Waals surface area contributed by atoms with Crippen LogP contribution in [-0.2, 0) is 9.59 Å². The second-order valence-electron chi connectivity index (χ2n) is 9.03. The van der Waals surface area contributed by atoms with Crippen LogP contribution in [0.1, 0.15) is 42.4 Å². The van der Waals surface area contributed by atoms with Gasteiger partial charge in [-0.1, -0.05) is 72.7 Å². The van der Waals surface area contributed by atoms with E-state index in [1.807, 2.05) is 60.0 Å². The topological polar surface area (TPSA) is 52.7 Å². The molecule has 2 aliphatic heterocycles. The fraction of sp³-hybridized carbons (Fsp3) is 0.346. The van der Waals surface area contributed by atoms with Gasteiger partial charge >= 0.3 is 0 Å². The minimum absolute atomic E-state index is 0.0308. The Hall–Kier alpha value is -2.64. The number of fused-ring (bicyclic) bond motifs is 1. The molecule has 5 nitrogen and oxygen atoms in total. The maximum Gasteiger partial charge on any atom is 0.266 e. The number of thiocarbonyl (C=S) groups is 1. The van der Waals surface area contributed by atoms with Crippen LogP contribution in [0.3, 0.4) is 0 Å². The minimum atomic E-state index is -0.0727. The molecule has 1 aliphatic carbocycles. The molecule has 0 atom stereocenters. The molecule has 0 aromatic heterocycles. The summed E-state index contributed by atoms with van der Waals surface area (Å²) in [6.07, 6.45) is 4.35. The smallest absolute Gasteiger partial charge is 0.266 e. The minimum Gasteiger partial charge on any atom is -0.357 e. The van der Waals surface area contributed by atoms with Crippen molar-refractivity contribution in [1.82, 2.24) is 4.90 Å². The zero-order valence-corrected chi connectivity index (χ0v) is 20.5. The number of thioether (sulfide) groups is 1. The van der Waals surface area contributed by atoms with Gasteiger partial charge in [0.15, 0.2) is 0 Å². The first-order valence-electron chi connectivity index (χ1n) is 11.4. The number of amides is 2. The molecule has 1 N–H and O–H groups in total. The van der Waals surface area contributed by atoms with E-state index in [4.69, 9.17) is 12.2 Å². The zero-order valence-electron chi connectivity index (χ0n) is 18.9. The first kappa shape index (κ1) is 22.2. The molecule has 2 heterocycles. The standard InChI is InChI=1S/C26H27N3O2S2/c1-16-11-12-21(17(2)13-16)27-23(30)15-28-14-20(19-9-5-6-10-22(19)28)24-25(31)29(26(32)33-24)18-7-3-4-8-18/h5-6,9-13,18H,3-4,7-8,14-15H2,1-2H3,(H,27,30)/b24-20-. The van der Waals surface area contributed by atoms with Gasteiger partial charge in [-0.3, -0.25) is 14.5 Å². The van der Waals surface area contributed by atoms with E-state index >= 15 is 0 Å². The van der Waals surface area contributed by atoms with Crippen molar-refractivity contribution < 1.29 is 9.59 Å². The molecule has 0 bridgehead atoms. The Morgan fingerprint density at radius 1 is 1.15 bits per heavy atom. The Bertz CT molecular complexity index is 1180. The summed E-state index contributed by atoms with van der Waals surface area (Å²) >= 11 is 7.03. The van der Waals surface area contributed by atoms with Gasteiger partial charge in [-0.2, -0.15) is 0 Å². The number of hydrogen-bond donors (Lipinski definition) is 1. The molecule has 2 fully saturated rings. The Labute approximate surface area is 204 Å². The number of anilines is 2. The fourth-order valence-electron chi connectivity index (χ4n) is 5.06. The highest BCUT2D eigenvalue weighted by atomic mass is 32.2. The highest BCUT2D eigenvalue weighted by Gasteiger charge is 2.41. The number of carbonyl (C=O) groups excluding carboxylic acids is 2. The van der Waals surface area contributed by atoms with Crippen molar-refractivity contribution in [3.8, 4) is 0 Å². The van der Waals surface area contributed by atoms with Crippen LogP contribution in [0.2, 0.25) is 0 Å². The van der Waals surface area contributed by atoms with Gasteiger partial charge in [0.25, 0.3) is 5.91 Å². The lowest BCUT2D eigenvalue weighted by Crippen LogP contribution is -2.37. The largest absolute Gasteiger partial charge is 0.357 e. The number of carbonyl (C=O) groups is 2. The Balaban J connectivity index is 1.39. The van der Waals surface area contributed by atoms with Crippen LogP contribution >= 0.6 is 24.0 Å². The van der Waals surface area contributed by atoms with Crippen LogP contribution in [0.15, 0.2) is 47.4 Å². The van der Waals surface area contributed by atoms with Crippen LogP contribution in [0, 0.1) is 13.8 Å². The van der Waals surface area contributed by atoms with Crippen LogP contribution < -0.4 is 10.2 Å². The van der Waals surface area contributed by atoms with Crippen molar-refractivity contribution in [2.45, 2.75) is 45.6 Å². The summed E-state index contributed by atoms with van der Waals surface area (Å²) in [5, 5.41) is 3.04. The number of hydrogen-bond acceptors (Lipinski definition) is 5. The molecule has 2 aromatic rings. The van der Waals surface area contributed by atoms with E-state index in [9.17, 15) is 9.59 Å². The molecule has 33 heavy (non-hydrogen) atoms. The van der Waals surface area contributed by atoms with E-state index in [-0.39, 0.29) is 24.4 Å². The van der Waals surface area contributed by atoms with Gasteiger partial charge in [0.05, 0.1) is 11.4 Å². The summed E-state index contributed by atoms with van der Waals surface area (Å²) in [4.78, 5) is 30.9. The molecule has 2 aromatic carbocycles. The maximum atomic E-state index is 13.4. The van der Waals surface area contributed by atoms with E-state index in [0.717, 1.165) is 58.7 Å². The Kier molecular flexibility index (Phi) is 6.01. The normalized spacial score (nSPS) is 20.7. The van der Waals surface area contributed by atoms with Gasteiger partial charge in [0, 0.05) is 35.1 Å². The van der Waals surface area contributed by atoms with Crippen molar-refractivity contribution >= 4 is 57.1 Å². The number of para-hydroxylation sites is 1. The van der Waals surface area contributed by atoms with Gasteiger partial charge in [-0.05, 0) is 44.4 Å². The van der Waals surface area contributed by atoms with Crippen molar-refractivity contribution in [2.24, 2.45) is 0 Å². The Morgan fingerprint density at radius 2 is 1.91 bits per heavy atom. The van der Waals surface area contributed by atoms with Gasteiger partial charge in [-0.25, -0.2) is 0 Å². The average Bonchev–Trinajstić information content (AvgIpc) is 3.49. The molecule has 0 radical (unpaired) electrons. The van der Waals surface area contributed by atoms with Crippen molar-refractivity contribution in [2.75, 3.05) is 23.3 Å². The molecular formula is C26H27N3O2S2. The van der Waals surface area contributed by atoms with Crippen LogP contribution in [0.4, 0.5) is 11.4 Å². The molecule has 5 rings (SSSR count). The highest BCUT2D eigenvalue weighted by Crippen LogP contribution is 2.45. The fourth-order valence-corrected chi connectivity index (χ4v) is 6.53. The van der Waals surface area contributed by atoms with Gasteiger partial charge in [0.2, 0.25) is 5.91 Å². The molecular weight excluding hydrogens is 450 g/mol. The summed E-state index contributed by atoms with van der Waals surface area (Å²) in [6, 6.07) is 14.2. The Morgan fingerprint density at radius 3 is 2.67 bits per heavy atom. The first-order valence-corrected chi connectivity index (χ1v) is 12.6. The molecule has 170 valence electrons. The van der Waals surface area contributed by atoms with E-state index < -0.39 is 0 Å². The van der Waals surface area contributed by atoms with Crippen molar-refractivity contribution in [1.29, 1.82) is 0 Å². The summed E-state index contributed by atoms with van der Waals surface area (Å²) in [7, 11) is 0. The summed E-state index contributed by atoms with van der Waals surface area (Å²) in [5.41, 5.74) is 6.01. The van der Waals surface area contributed by atoms with Crippen LogP contribution in [-0.4, -0.2) is 40.2 Å². The molecule has 1 saturated heterocycles. The number of benzene rings is 2. The number of aryl methyl sites for hydroxylation is 2. The third-order valence-corrected chi connectivity index (χ3v) is 8.12. The van der Waals surface area contributed by atoms with E-state index in [1.165, 1.54) is 17.3 Å². The van der Waals surface area contributed by atoms with Gasteiger partial charge in [-0.15, -0.1) is 0 Å². The van der Waals surface area contributed by atoms with Crippen molar-refractivity contribution in [3.63, 3.8) is 0 Å². The van der Waals surface area contributed by atoms with Crippen LogP contribution in [0.5, 0.6) is 0 Å². The molecule has 2 amide bonds. The summed E-state index contributed by atoms with van der Waals surface area (Å²) < 4.78 is 0.665. The summed E-state index contributed by atoms with van der Waals surface area (Å²) in [5.74, 6) is -0.0419. The van der Waals surface area contributed by atoms with E-state index in [0.29, 0.717) is 10.9 Å². The molecule has 1 saturated carbocycles. The van der Waals surface area contributed by atoms with Gasteiger partial charge in [0.1, 0.15) is 4.32 Å². The number of rotatable bonds is 4. The van der Waals surface area contributed by atoms with E-state index in [2.05, 4.69) is 11.4 Å². The zero-order chi connectivity index (χ0) is 23.1. The first-order chi connectivity index (χ1) is 15.9. The van der Waals surface area contributed by atoms with E-state index in [1.54, 1.807) is 0 Å². The van der Waals surface area contributed by atoms with Gasteiger partial charge < -0.3 is 10.2 Å². The predicted octanol–water partition coefficient (Wildman–Crippen LogP) is 5.28. The molecule has 0 unspecified atom stereocenters. The molecule has 3 aliphatic rings. The second-order valence-corrected chi connectivity index (χ2v) is 10.7. The highest BCUT2D eigenvalue weighted by molar-refractivity contribution is 8.26. The predicted molar refractivity (Wildman–Crippen MR) is 139 cm³/mol. The van der Waals surface area contributed by atoms with Crippen molar-refractivity contribution in [3.05, 3.63) is 64.1 Å². The third-order valence-electron chi connectivity index (χ3n) is 6.67.